The van der Waals surface area contributed by atoms with Crippen LogP contribution in [0.4, 0.5) is 0 Å². The van der Waals surface area contributed by atoms with Gasteiger partial charge in [-0.1, -0.05) is 6.92 Å². The van der Waals surface area contributed by atoms with E-state index >= 15 is 0 Å². The first kappa shape index (κ1) is 15.1. The van der Waals surface area contributed by atoms with Gasteiger partial charge in [0.2, 0.25) is 0 Å². The van der Waals surface area contributed by atoms with Gasteiger partial charge in [0.25, 0.3) is 0 Å². The molecular weight excluding hydrogens is 268 g/mol. The molecule has 2 atom stereocenters. The summed E-state index contributed by atoms with van der Waals surface area (Å²) >= 11 is 2.07. The number of rotatable bonds is 4. The van der Waals surface area contributed by atoms with Crippen molar-refractivity contribution in [1.29, 1.82) is 0 Å². The highest BCUT2D eigenvalue weighted by atomic mass is 32.2. The Balaban J connectivity index is 1.44. The van der Waals surface area contributed by atoms with Gasteiger partial charge >= 0.3 is 0 Å². The highest BCUT2D eigenvalue weighted by Crippen LogP contribution is 2.38. The second kappa shape index (κ2) is 6.99. The van der Waals surface area contributed by atoms with Crippen molar-refractivity contribution in [3.63, 3.8) is 0 Å². The molecule has 0 aliphatic carbocycles. The fourth-order valence-corrected chi connectivity index (χ4v) is 5.38. The molecule has 1 spiro atoms. The Labute approximate surface area is 128 Å². The van der Waals surface area contributed by atoms with E-state index < -0.39 is 0 Å². The Kier molecular flexibility index (Phi) is 5.29. The first-order valence-electron chi connectivity index (χ1n) is 8.50. The predicted octanol–water partition coefficient (Wildman–Crippen LogP) is 2.51. The lowest BCUT2D eigenvalue weighted by Gasteiger charge is -2.41. The van der Waals surface area contributed by atoms with Gasteiger partial charge in [0, 0.05) is 24.4 Å². The normalized spacial score (nSPS) is 36.8. The van der Waals surface area contributed by atoms with Gasteiger partial charge in [0.1, 0.15) is 0 Å². The number of ether oxygens (including phenoxy) is 1. The molecule has 0 amide bonds. The third-order valence-electron chi connectivity index (χ3n) is 5.16. The van der Waals surface area contributed by atoms with E-state index in [0.717, 1.165) is 12.6 Å². The second-order valence-electron chi connectivity index (χ2n) is 6.81. The van der Waals surface area contributed by atoms with Crippen molar-refractivity contribution < 1.29 is 4.74 Å². The van der Waals surface area contributed by atoms with Crippen molar-refractivity contribution in [3.05, 3.63) is 0 Å². The molecule has 116 valence electrons. The number of piperidine rings is 1. The van der Waals surface area contributed by atoms with Crippen molar-refractivity contribution >= 4 is 11.8 Å². The molecule has 1 N–H and O–H groups in total. The van der Waals surface area contributed by atoms with Crippen LogP contribution in [0.25, 0.3) is 0 Å². The number of hydrogen-bond donors (Lipinski definition) is 1. The number of likely N-dealkylation sites (tertiary alicyclic amines) is 1. The van der Waals surface area contributed by atoms with Gasteiger partial charge < -0.3 is 15.0 Å². The molecule has 3 aliphatic heterocycles. The van der Waals surface area contributed by atoms with Crippen LogP contribution in [-0.2, 0) is 4.74 Å². The lowest BCUT2D eigenvalue weighted by atomic mass is 9.89. The Bertz CT molecular complexity index is 299. The van der Waals surface area contributed by atoms with Gasteiger partial charge in [0.05, 0.1) is 5.60 Å². The van der Waals surface area contributed by atoms with Crippen LogP contribution in [0.15, 0.2) is 0 Å². The van der Waals surface area contributed by atoms with Gasteiger partial charge in [0.15, 0.2) is 0 Å². The zero-order valence-corrected chi connectivity index (χ0v) is 13.7. The lowest BCUT2D eigenvalue weighted by Crippen LogP contribution is -2.52. The summed E-state index contributed by atoms with van der Waals surface area (Å²) in [5.74, 6) is 2.52. The van der Waals surface area contributed by atoms with Gasteiger partial charge in [-0.25, -0.2) is 0 Å². The lowest BCUT2D eigenvalue weighted by molar-refractivity contribution is -0.0720. The molecule has 0 saturated carbocycles. The Morgan fingerprint density at radius 3 is 2.80 bits per heavy atom. The minimum atomic E-state index is 0.226. The molecule has 0 bridgehead atoms. The number of nitrogens with zero attached hydrogens (tertiary/aromatic N) is 1. The summed E-state index contributed by atoms with van der Waals surface area (Å²) in [7, 11) is 0. The molecule has 3 heterocycles. The zero-order valence-electron chi connectivity index (χ0n) is 12.9. The van der Waals surface area contributed by atoms with Crippen molar-refractivity contribution in [2.45, 2.75) is 63.1 Å². The van der Waals surface area contributed by atoms with Gasteiger partial charge in [-0.2, -0.15) is 11.8 Å². The zero-order chi connectivity index (χ0) is 13.8. The van der Waals surface area contributed by atoms with Gasteiger partial charge in [-0.05, 0) is 63.9 Å². The maximum atomic E-state index is 6.13. The average Bonchev–Trinajstić information content (AvgIpc) is 2.89. The molecule has 3 aliphatic rings. The molecular formula is C16H30N2OS. The quantitative estimate of drug-likeness (QED) is 0.862. The van der Waals surface area contributed by atoms with Gasteiger partial charge in [-0.15, -0.1) is 0 Å². The third-order valence-corrected chi connectivity index (χ3v) is 6.38. The molecule has 3 nitrogen and oxygen atoms in total. The standard InChI is InChI=1S/C16H30N2OS/c1-2-7-18-8-3-14(4-9-18)17-15-5-10-19-16(12-15)6-11-20-13-16/h14-15,17H,2-13H2,1H3. The Morgan fingerprint density at radius 1 is 1.25 bits per heavy atom. The molecule has 0 radical (unpaired) electrons. The van der Waals surface area contributed by atoms with Crippen LogP contribution >= 0.6 is 11.8 Å². The molecule has 0 aromatic rings. The largest absolute Gasteiger partial charge is 0.374 e. The monoisotopic (exact) mass is 298 g/mol. The minimum absolute atomic E-state index is 0.226. The average molecular weight is 298 g/mol. The second-order valence-corrected chi connectivity index (χ2v) is 7.91. The van der Waals surface area contributed by atoms with E-state index in [1.54, 1.807) is 0 Å². The predicted molar refractivity (Wildman–Crippen MR) is 86.5 cm³/mol. The van der Waals surface area contributed by atoms with Crippen LogP contribution < -0.4 is 5.32 Å². The summed E-state index contributed by atoms with van der Waals surface area (Å²) in [6, 6.07) is 1.45. The number of thioether (sulfide) groups is 1. The van der Waals surface area contributed by atoms with Crippen molar-refractivity contribution in [1.82, 2.24) is 10.2 Å². The van der Waals surface area contributed by atoms with Crippen LogP contribution in [0.1, 0.15) is 45.4 Å². The van der Waals surface area contributed by atoms with E-state index in [9.17, 15) is 0 Å². The molecule has 20 heavy (non-hydrogen) atoms. The van der Waals surface area contributed by atoms with E-state index in [-0.39, 0.29) is 5.60 Å². The fourth-order valence-electron chi connectivity index (χ4n) is 4.01. The fraction of sp³-hybridized carbons (Fsp3) is 1.00. The highest BCUT2D eigenvalue weighted by molar-refractivity contribution is 7.99. The molecule has 3 saturated heterocycles. The van der Waals surface area contributed by atoms with Crippen LogP contribution in [0, 0.1) is 0 Å². The number of hydrogen-bond acceptors (Lipinski definition) is 4. The third kappa shape index (κ3) is 3.70. The molecule has 2 unspecified atom stereocenters. The van der Waals surface area contributed by atoms with E-state index in [0.29, 0.717) is 6.04 Å². The van der Waals surface area contributed by atoms with Crippen molar-refractivity contribution in [3.8, 4) is 0 Å². The summed E-state index contributed by atoms with van der Waals surface area (Å²) in [5.41, 5.74) is 0.226. The number of nitrogens with one attached hydrogen (secondary N) is 1. The summed E-state index contributed by atoms with van der Waals surface area (Å²) in [6.45, 7) is 7.11. The maximum Gasteiger partial charge on any atom is 0.0795 e. The maximum absolute atomic E-state index is 6.13. The Hall–Kier alpha value is 0.230. The van der Waals surface area contributed by atoms with Crippen LogP contribution in [-0.4, -0.2) is 60.3 Å². The molecule has 3 rings (SSSR count). The van der Waals surface area contributed by atoms with E-state index in [1.165, 1.54) is 69.7 Å². The Morgan fingerprint density at radius 2 is 2.10 bits per heavy atom. The van der Waals surface area contributed by atoms with Crippen LogP contribution in [0.3, 0.4) is 0 Å². The van der Waals surface area contributed by atoms with Crippen molar-refractivity contribution in [2.75, 3.05) is 37.7 Å². The highest BCUT2D eigenvalue weighted by Gasteiger charge is 2.40. The molecule has 0 aromatic heterocycles. The first-order valence-corrected chi connectivity index (χ1v) is 9.65. The summed E-state index contributed by atoms with van der Waals surface area (Å²) in [4.78, 5) is 2.62. The molecule has 3 fully saturated rings. The van der Waals surface area contributed by atoms with Crippen LogP contribution in [0.5, 0.6) is 0 Å². The van der Waals surface area contributed by atoms with Crippen LogP contribution in [0.2, 0.25) is 0 Å². The van der Waals surface area contributed by atoms with E-state index in [4.69, 9.17) is 4.74 Å². The first-order chi connectivity index (χ1) is 9.80. The smallest absolute Gasteiger partial charge is 0.0795 e. The minimum Gasteiger partial charge on any atom is -0.374 e. The van der Waals surface area contributed by atoms with E-state index in [2.05, 4.69) is 28.9 Å². The molecule has 0 aromatic carbocycles. The van der Waals surface area contributed by atoms with Crippen molar-refractivity contribution in [2.24, 2.45) is 0 Å². The summed E-state index contributed by atoms with van der Waals surface area (Å²) in [5, 5.41) is 3.96. The van der Waals surface area contributed by atoms with Gasteiger partial charge in [-0.3, -0.25) is 0 Å². The summed E-state index contributed by atoms with van der Waals surface area (Å²) in [6.07, 6.45) is 7.68. The molecule has 4 heteroatoms. The summed E-state index contributed by atoms with van der Waals surface area (Å²) < 4.78 is 6.13. The van der Waals surface area contributed by atoms with E-state index in [1.807, 2.05) is 0 Å². The SMILES string of the molecule is CCCN1CCC(NC2CCOC3(CCSC3)C2)CC1. The topological polar surface area (TPSA) is 24.5 Å².